The zero-order valence-electron chi connectivity index (χ0n) is 15.7. The Labute approximate surface area is 172 Å². The molecular formula is C22H21BrFNO3. The molecule has 3 aromatic carbocycles. The van der Waals surface area contributed by atoms with Crippen molar-refractivity contribution in [2.75, 3.05) is 19.5 Å². The summed E-state index contributed by atoms with van der Waals surface area (Å²) in [5.41, 5.74) is 2.31. The highest BCUT2D eigenvalue weighted by Gasteiger charge is 2.15. The van der Waals surface area contributed by atoms with Crippen molar-refractivity contribution in [3.63, 3.8) is 0 Å². The van der Waals surface area contributed by atoms with E-state index in [4.69, 9.17) is 14.2 Å². The number of methoxy groups -OCH3 is 2. The Morgan fingerprint density at radius 2 is 1.68 bits per heavy atom. The molecule has 0 fully saturated rings. The first kappa shape index (κ1) is 20.0. The highest BCUT2D eigenvalue weighted by Crippen LogP contribution is 2.37. The molecule has 0 radical (unpaired) electrons. The lowest BCUT2D eigenvalue weighted by Crippen LogP contribution is -2.07. The van der Waals surface area contributed by atoms with E-state index in [1.807, 2.05) is 36.4 Å². The molecular weight excluding hydrogens is 425 g/mol. The molecule has 4 nitrogen and oxygen atoms in total. The third kappa shape index (κ3) is 4.75. The Morgan fingerprint density at radius 1 is 0.929 bits per heavy atom. The van der Waals surface area contributed by atoms with Crippen LogP contribution in [0.2, 0.25) is 0 Å². The van der Waals surface area contributed by atoms with Gasteiger partial charge in [-0.1, -0.05) is 34.1 Å². The van der Waals surface area contributed by atoms with Gasteiger partial charge in [-0.2, -0.15) is 0 Å². The predicted octanol–water partition coefficient (Wildman–Crippen LogP) is 5.80. The van der Waals surface area contributed by atoms with E-state index in [-0.39, 0.29) is 12.4 Å². The second-order valence-corrected chi connectivity index (χ2v) is 6.87. The monoisotopic (exact) mass is 445 g/mol. The second kappa shape index (κ2) is 9.46. The van der Waals surface area contributed by atoms with E-state index < -0.39 is 0 Å². The van der Waals surface area contributed by atoms with Crippen LogP contribution in [0, 0.1) is 5.82 Å². The maximum absolute atomic E-state index is 13.9. The molecule has 1 N–H and O–H groups in total. The molecule has 3 rings (SSSR count). The van der Waals surface area contributed by atoms with Gasteiger partial charge in [0.05, 0.1) is 14.2 Å². The molecule has 6 heteroatoms. The van der Waals surface area contributed by atoms with Gasteiger partial charge in [-0.25, -0.2) is 4.39 Å². The summed E-state index contributed by atoms with van der Waals surface area (Å²) in [5, 5.41) is 3.36. The van der Waals surface area contributed by atoms with E-state index in [0.717, 1.165) is 21.5 Å². The fourth-order valence-corrected chi connectivity index (χ4v) is 3.18. The molecule has 28 heavy (non-hydrogen) atoms. The molecule has 0 aliphatic heterocycles. The minimum Gasteiger partial charge on any atom is -0.497 e. The van der Waals surface area contributed by atoms with E-state index in [2.05, 4.69) is 21.2 Å². The number of benzene rings is 3. The van der Waals surface area contributed by atoms with Crippen molar-refractivity contribution in [3.8, 4) is 17.2 Å². The molecule has 0 aliphatic rings. The van der Waals surface area contributed by atoms with Gasteiger partial charge in [-0.05, 0) is 42.5 Å². The van der Waals surface area contributed by atoms with Crippen LogP contribution in [0.15, 0.2) is 65.1 Å². The summed E-state index contributed by atoms with van der Waals surface area (Å²) >= 11 is 3.58. The van der Waals surface area contributed by atoms with Crippen LogP contribution in [-0.2, 0) is 13.2 Å². The van der Waals surface area contributed by atoms with Crippen molar-refractivity contribution >= 4 is 21.6 Å². The number of halogens is 2. The number of hydrogen-bond acceptors (Lipinski definition) is 4. The fourth-order valence-electron chi connectivity index (χ4n) is 2.73. The average Bonchev–Trinajstić information content (AvgIpc) is 2.73. The lowest BCUT2D eigenvalue weighted by Gasteiger charge is -2.18. The van der Waals surface area contributed by atoms with Gasteiger partial charge in [0.15, 0.2) is 11.5 Å². The van der Waals surface area contributed by atoms with Crippen molar-refractivity contribution < 1.29 is 18.6 Å². The largest absolute Gasteiger partial charge is 0.497 e. The summed E-state index contributed by atoms with van der Waals surface area (Å²) < 4.78 is 31.4. The standard InChI is InChI=1S/C22H21BrFNO3/c1-26-17-9-7-16(8-10-17)25-13-18-19(23)11-12-21(27-2)22(18)28-14-15-5-3-4-6-20(15)24/h3-12,25H,13-14H2,1-2H3. The van der Waals surface area contributed by atoms with Gasteiger partial charge < -0.3 is 19.5 Å². The molecule has 0 atom stereocenters. The van der Waals surface area contributed by atoms with E-state index in [1.165, 1.54) is 6.07 Å². The van der Waals surface area contributed by atoms with E-state index in [9.17, 15) is 4.39 Å². The first-order valence-corrected chi connectivity index (χ1v) is 9.51. The minimum absolute atomic E-state index is 0.106. The molecule has 0 bridgehead atoms. The molecule has 0 aliphatic carbocycles. The molecule has 146 valence electrons. The average molecular weight is 446 g/mol. The number of rotatable bonds is 8. The first-order valence-electron chi connectivity index (χ1n) is 8.72. The summed E-state index contributed by atoms with van der Waals surface area (Å²) in [6.45, 7) is 0.603. The molecule has 0 saturated carbocycles. The van der Waals surface area contributed by atoms with Crippen LogP contribution in [0.5, 0.6) is 17.2 Å². The van der Waals surface area contributed by atoms with Crippen LogP contribution in [0.3, 0.4) is 0 Å². The third-order valence-electron chi connectivity index (χ3n) is 4.28. The lowest BCUT2D eigenvalue weighted by molar-refractivity contribution is 0.276. The number of ether oxygens (including phenoxy) is 3. The van der Waals surface area contributed by atoms with Gasteiger partial charge >= 0.3 is 0 Å². The van der Waals surface area contributed by atoms with Crippen LogP contribution < -0.4 is 19.5 Å². The van der Waals surface area contributed by atoms with Crippen LogP contribution in [0.1, 0.15) is 11.1 Å². The van der Waals surface area contributed by atoms with Crippen molar-refractivity contribution in [2.24, 2.45) is 0 Å². The summed E-state index contributed by atoms with van der Waals surface area (Å²) in [5.74, 6) is 1.66. The van der Waals surface area contributed by atoms with Crippen molar-refractivity contribution in [2.45, 2.75) is 13.2 Å². The third-order valence-corrected chi connectivity index (χ3v) is 5.02. The second-order valence-electron chi connectivity index (χ2n) is 6.02. The zero-order valence-corrected chi connectivity index (χ0v) is 17.3. The van der Waals surface area contributed by atoms with Crippen LogP contribution in [0.25, 0.3) is 0 Å². The van der Waals surface area contributed by atoms with E-state index >= 15 is 0 Å². The topological polar surface area (TPSA) is 39.7 Å². The van der Waals surface area contributed by atoms with Gasteiger partial charge in [-0.3, -0.25) is 0 Å². The maximum atomic E-state index is 13.9. The molecule has 0 spiro atoms. The Bertz CT molecular complexity index is 932. The molecule has 0 aromatic heterocycles. The van der Waals surface area contributed by atoms with Crippen molar-refractivity contribution in [3.05, 3.63) is 82.1 Å². The Hall–Kier alpha value is -2.73. The Morgan fingerprint density at radius 3 is 2.36 bits per heavy atom. The zero-order chi connectivity index (χ0) is 19.9. The predicted molar refractivity (Wildman–Crippen MR) is 112 cm³/mol. The quantitative estimate of drug-likeness (QED) is 0.475. The van der Waals surface area contributed by atoms with Crippen LogP contribution in [0.4, 0.5) is 10.1 Å². The molecule has 0 heterocycles. The number of anilines is 1. The van der Waals surface area contributed by atoms with Gasteiger partial charge in [-0.15, -0.1) is 0 Å². The van der Waals surface area contributed by atoms with Crippen LogP contribution in [-0.4, -0.2) is 14.2 Å². The summed E-state index contributed by atoms with van der Waals surface area (Å²) in [4.78, 5) is 0. The molecule has 0 amide bonds. The van der Waals surface area contributed by atoms with Gasteiger partial charge in [0.25, 0.3) is 0 Å². The highest BCUT2D eigenvalue weighted by molar-refractivity contribution is 9.10. The maximum Gasteiger partial charge on any atom is 0.167 e. The molecule has 0 saturated heterocycles. The summed E-state index contributed by atoms with van der Waals surface area (Å²) in [6.07, 6.45) is 0. The Balaban J connectivity index is 1.81. The normalized spacial score (nSPS) is 10.4. The van der Waals surface area contributed by atoms with Crippen molar-refractivity contribution in [1.82, 2.24) is 0 Å². The first-order chi connectivity index (χ1) is 13.6. The summed E-state index contributed by atoms with van der Waals surface area (Å²) in [6, 6.07) is 17.9. The molecule has 0 unspecified atom stereocenters. The van der Waals surface area contributed by atoms with Gasteiger partial charge in [0.1, 0.15) is 18.2 Å². The Kier molecular flexibility index (Phi) is 6.76. The number of nitrogens with one attached hydrogen (secondary N) is 1. The van der Waals surface area contributed by atoms with Crippen LogP contribution >= 0.6 is 15.9 Å². The SMILES string of the molecule is COc1ccc(NCc2c(Br)ccc(OC)c2OCc2ccccc2F)cc1. The fraction of sp³-hybridized carbons (Fsp3) is 0.182. The number of hydrogen-bond donors (Lipinski definition) is 1. The van der Waals surface area contributed by atoms with Gasteiger partial charge in [0.2, 0.25) is 0 Å². The summed E-state index contributed by atoms with van der Waals surface area (Å²) in [7, 11) is 3.22. The van der Waals surface area contributed by atoms with E-state index in [0.29, 0.717) is 23.6 Å². The molecule has 3 aromatic rings. The van der Waals surface area contributed by atoms with Gasteiger partial charge in [0, 0.05) is 27.8 Å². The lowest BCUT2D eigenvalue weighted by atomic mass is 10.1. The van der Waals surface area contributed by atoms with Crippen molar-refractivity contribution in [1.29, 1.82) is 0 Å². The van der Waals surface area contributed by atoms with E-state index in [1.54, 1.807) is 32.4 Å². The smallest absolute Gasteiger partial charge is 0.167 e. The minimum atomic E-state index is -0.297. The highest BCUT2D eigenvalue weighted by atomic mass is 79.9.